The molecule has 2 amide bonds. The Bertz CT molecular complexity index is 526. The number of rotatable bonds is 19. The molecule has 0 aliphatic carbocycles. The summed E-state index contributed by atoms with van der Waals surface area (Å²) in [5.74, 6) is -1.51. The van der Waals surface area contributed by atoms with Crippen molar-refractivity contribution in [2.24, 2.45) is 0 Å². The predicted octanol–water partition coefficient (Wildman–Crippen LogP) is 0.910. The quantitative estimate of drug-likeness (QED) is 0.205. The van der Waals surface area contributed by atoms with Crippen LogP contribution in [0.2, 0.25) is 0 Å². The molecular weight excluding hydrogens is 422 g/mol. The monoisotopic (exact) mass is 463 g/mol. The molecule has 0 aliphatic rings. The van der Waals surface area contributed by atoms with E-state index in [4.69, 9.17) is 18.9 Å². The lowest BCUT2D eigenvalue weighted by atomic mass is 10.1. The van der Waals surface area contributed by atoms with Gasteiger partial charge in [0.15, 0.2) is 0 Å². The maximum Gasteiger partial charge on any atom is 0.408 e. The number of carbonyl (C=O) groups is 3. The number of carboxylic acids is 1. The molecule has 32 heavy (non-hydrogen) atoms. The third kappa shape index (κ3) is 20.0. The van der Waals surface area contributed by atoms with Gasteiger partial charge in [0.1, 0.15) is 11.6 Å². The molecule has 1 unspecified atom stereocenters. The molecule has 11 nitrogen and oxygen atoms in total. The van der Waals surface area contributed by atoms with Gasteiger partial charge in [-0.25, -0.2) is 9.59 Å². The van der Waals surface area contributed by atoms with E-state index in [0.717, 1.165) is 13.0 Å². The van der Waals surface area contributed by atoms with Crippen LogP contribution in [0.3, 0.4) is 0 Å². The molecule has 4 N–H and O–H groups in total. The average molecular weight is 464 g/mol. The second-order valence-corrected chi connectivity index (χ2v) is 8.07. The number of aliphatic carboxylic acids is 1. The smallest absolute Gasteiger partial charge is 0.408 e. The van der Waals surface area contributed by atoms with Gasteiger partial charge in [-0.3, -0.25) is 4.79 Å². The molecule has 0 aromatic carbocycles. The van der Waals surface area contributed by atoms with Gasteiger partial charge in [-0.15, -0.1) is 0 Å². The normalized spacial score (nSPS) is 12.2. The van der Waals surface area contributed by atoms with Crippen LogP contribution in [-0.2, 0) is 28.5 Å². The van der Waals surface area contributed by atoms with E-state index in [9.17, 15) is 19.5 Å². The van der Waals surface area contributed by atoms with E-state index >= 15 is 0 Å². The Morgan fingerprint density at radius 1 is 0.875 bits per heavy atom. The van der Waals surface area contributed by atoms with Crippen molar-refractivity contribution in [1.82, 2.24) is 16.0 Å². The van der Waals surface area contributed by atoms with E-state index < -0.39 is 23.7 Å². The van der Waals surface area contributed by atoms with Crippen LogP contribution < -0.4 is 16.0 Å². The maximum absolute atomic E-state index is 11.9. The Morgan fingerprint density at radius 3 is 1.91 bits per heavy atom. The summed E-state index contributed by atoms with van der Waals surface area (Å²) in [4.78, 5) is 34.9. The highest BCUT2D eigenvalue weighted by atomic mass is 16.6. The number of amides is 2. The van der Waals surface area contributed by atoms with Gasteiger partial charge in [-0.05, 0) is 53.6 Å². The average Bonchev–Trinajstić information content (AvgIpc) is 2.69. The molecule has 0 fully saturated rings. The van der Waals surface area contributed by atoms with Crippen LogP contribution >= 0.6 is 0 Å². The summed E-state index contributed by atoms with van der Waals surface area (Å²) in [5, 5.41) is 17.2. The van der Waals surface area contributed by atoms with Crippen LogP contribution in [0, 0.1) is 0 Å². The van der Waals surface area contributed by atoms with Gasteiger partial charge >= 0.3 is 12.1 Å². The Hall–Kier alpha value is -1.95. The first-order valence-corrected chi connectivity index (χ1v) is 11.0. The highest BCUT2D eigenvalue weighted by Gasteiger charge is 2.24. The number of hydrogen-bond donors (Lipinski definition) is 4. The van der Waals surface area contributed by atoms with Crippen LogP contribution in [0.1, 0.15) is 46.5 Å². The third-order valence-electron chi connectivity index (χ3n) is 3.90. The minimum atomic E-state index is -1.22. The lowest BCUT2D eigenvalue weighted by molar-refractivity contribution is -0.139. The number of carboxylic acid groups (broad SMARTS) is 1. The van der Waals surface area contributed by atoms with Crippen molar-refractivity contribution < 1.29 is 38.4 Å². The summed E-state index contributed by atoms with van der Waals surface area (Å²) in [6.07, 6.45) is 0.702. The molecule has 0 spiro atoms. The van der Waals surface area contributed by atoms with Gasteiger partial charge in [0.2, 0.25) is 5.91 Å². The predicted molar refractivity (Wildman–Crippen MR) is 119 cm³/mol. The number of hydrogen-bond acceptors (Lipinski definition) is 8. The lowest BCUT2D eigenvalue weighted by Gasteiger charge is -2.21. The lowest BCUT2D eigenvalue weighted by Crippen LogP contribution is -2.44. The maximum atomic E-state index is 11.9. The molecule has 0 radical (unpaired) electrons. The molecule has 0 rings (SSSR count). The minimum absolute atomic E-state index is 0.0293. The SMILES string of the molecule is CNCCCOCCOCCOCCCNC(=O)CCC(NC(=O)OC(C)(C)C)C(=O)O. The molecule has 0 aromatic rings. The Morgan fingerprint density at radius 2 is 1.41 bits per heavy atom. The summed E-state index contributed by atoms with van der Waals surface area (Å²) < 4.78 is 21.2. The second-order valence-electron chi connectivity index (χ2n) is 8.07. The van der Waals surface area contributed by atoms with Crippen molar-refractivity contribution in [3.63, 3.8) is 0 Å². The molecule has 0 aliphatic heterocycles. The van der Waals surface area contributed by atoms with E-state index in [1.807, 2.05) is 7.05 Å². The van der Waals surface area contributed by atoms with Crippen molar-refractivity contribution in [2.75, 3.05) is 59.8 Å². The van der Waals surface area contributed by atoms with Gasteiger partial charge in [0.25, 0.3) is 0 Å². The molecular formula is C21H41N3O8. The molecule has 0 saturated heterocycles. The molecule has 11 heteroatoms. The number of ether oxygens (including phenoxy) is 4. The van der Waals surface area contributed by atoms with Crippen LogP contribution in [0.15, 0.2) is 0 Å². The van der Waals surface area contributed by atoms with Gasteiger partial charge in [0.05, 0.1) is 26.4 Å². The number of alkyl carbamates (subject to hydrolysis) is 1. The summed E-state index contributed by atoms with van der Waals surface area (Å²) in [5.41, 5.74) is -0.737. The summed E-state index contributed by atoms with van der Waals surface area (Å²) in [6, 6.07) is -1.20. The summed E-state index contributed by atoms with van der Waals surface area (Å²) in [7, 11) is 1.91. The first-order chi connectivity index (χ1) is 15.2. The van der Waals surface area contributed by atoms with Crippen LogP contribution in [0.4, 0.5) is 4.79 Å². The zero-order valence-corrected chi connectivity index (χ0v) is 19.9. The fourth-order valence-electron chi connectivity index (χ4n) is 2.37. The van der Waals surface area contributed by atoms with E-state index in [1.165, 1.54) is 0 Å². The third-order valence-corrected chi connectivity index (χ3v) is 3.90. The molecule has 0 saturated carbocycles. The van der Waals surface area contributed by atoms with Gasteiger partial charge in [0, 0.05) is 26.2 Å². The van der Waals surface area contributed by atoms with Crippen LogP contribution in [0.25, 0.3) is 0 Å². The van der Waals surface area contributed by atoms with Crippen molar-refractivity contribution in [1.29, 1.82) is 0 Å². The largest absolute Gasteiger partial charge is 0.480 e. The zero-order valence-electron chi connectivity index (χ0n) is 19.9. The first-order valence-electron chi connectivity index (χ1n) is 11.0. The fraction of sp³-hybridized carbons (Fsp3) is 0.857. The Balaban J connectivity index is 3.67. The molecule has 0 heterocycles. The summed E-state index contributed by atoms with van der Waals surface area (Å²) >= 11 is 0. The van der Waals surface area contributed by atoms with Gasteiger partial charge < -0.3 is 40.0 Å². The van der Waals surface area contributed by atoms with Crippen molar-refractivity contribution in [3.05, 3.63) is 0 Å². The molecule has 188 valence electrons. The Labute approximate surface area is 190 Å². The number of nitrogens with one attached hydrogen (secondary N) is 3. The summed E-state index contributed by atoms with van der Waals surface area (Å²) in [6.45, 7) is 9.60. The molecule has 0 bridgehead atoms. The zero-order chi connectivity index (χ0) is 24.2. The molecule has 1 atom stereocenters. The topological polar surface area (TPSA) is 144 Å². The van der Waals surface area contributed by atoms with E-state index in [1.54, 1.807) is 20.8 Å². The fourth-order valence-corrected chi connectivity index (χ4v) is 2.37. The van der Waals surface area contributed by atoms with Crippen molar-refractivity contribution in [2.45, 2.75) is 58.1 Å². The highest BCUT2D eigenvalue weighted by Crippen LogP contribution is 2.08. The molecule has 0 aromatic heterocycles. The number of carbonyl (C=O) groups excluding carboxylic acids is 2. The minimum Gasteiger partial charge on any atom is -0.480 e. The van der Waals surface area contributed by atoms with Gasteiger partial charge in [-0.1, -0.05) is 0 Å². The van der Waals surface area contributed by atoms with Crippen molar-refractivity contribution >= 4 is 18.0 Å². The highest BCUT2D eigenvalue weighted by molar-refractivity contribution is 5.81. The van der Waals surface area contributed by atoms with Gasteiger partial charge in [-0.2, -0.15) is 0 Å². The van der Waals surface area contributed by atoms with E-state index in [-0.39, 0.29) is 18.7 Å². The van der Waals surface area contributed by atoms with Crippen molar-refractivity contribution in [3.8, 4) is 0 Å². The Kier molecular flexibility index (Phi) is 17.5. The standard InChI is InChI=1S/C21H41N3O8/c1-21(2,3)32-20(28)24-17(19(26)27)7-8-18(25)23-10-6-12-30-14-16-31-15-13-29-11-5-9-22-4/h17,22H,5-16H2,1-4H3,(H,23,25)(H,24,28)(H,26,27). The van der Waals surface area contributed by atoms with Crippen LogP contribution in [0.5, 0.6) is 0 Å². The van der Waals surface area contributed by atoms with Crippen LogP contribution in [-0.4, -0.2) is 94.5 Å². The first kappa shape index (κ1) is 30.0. The second kappa shape index (κ2) is 18.6. The van der Waals surface area contributed by atoms with E-state index in [2.05, 4.69) is 16.0 Å². The van der Waals surface area contributed by atoms with E-state index in [0.29, 0.717) is 52.6 Å².